The van der Waals surface area contributed by atoms with Gasteiger partial charge in [0.1, 0.15) is 10.7 Å². The highest BCUT2D eigenvalue weighted by Gasteiger charge is 2.15. The van der Waals surface area contributed by atoms with Gasteiger partial charge in [-0.05, 0) is 24.3 Å². The molecule has 0 aliphatic heterocycles. The molecule has 0 atom stereocenters. The smallest absolute Gasteiger partial charge is 0.154 e. The predicted octanol–water partition coefficient (Wildman–Crippen LogP) is 2.93. The molecule has 1 aliphatic rings. The van der Waals surface area contributed by atoms with Crippen molar-refractivity contribution in [3.05, 3.63) is 27.4 Å². The summed E-state index contributed by atoms with van der Waals surface area (Å²) >= 11 is 4.89. The molecule has 0 saturated heterocycles. The first-order valence-electron chi connectivity index (χ1n) is 6.29. The van der Waals surface area contributed by atoms with Crippen LogP contribution in [0.4, 0.5) is 5.00 Å². The first kappa shape index (κ1) is 12.3. The van der Waals surface area contributed by atoms with Crippen LogP contribution in [0.15, 0.2) is 17.5 Å². The van der Waals surface area contributed by atoms with Crippen LogP contribution in [0.2, 0.25) is 0 Å². The summed E-state index contributed by atoms with van der Waals surface area (Å²) in [7, 11) is 0. The molecule has 0 radical (unpaired) electrons. The Morgan fingerprint density at radius 1 is 1.05 bits per heavy atom. The highest BCUT2D eigenvalue weighted by molar-refractivity contribution is 7.23. The van der Waals surface area contributed by atoms with Gasteiger partial charge in [0.15, 0.2) is 10.0 Å². The lowest BCUT2D eigenvalue weighted by Crippen LogP contribution is -2.22. The van der Waals surface area contributed by atoms with Crippen LogP contribution in [0.1, 0.15) is 12.8 Å². The van der Waals surface area contributed by atoms with E-state index in [1.807, 2.05) is 17.5 Å². The normalized spacial score (nSPS) is 13.6. The molecule has 3 aromatic rings. The molecule has 0 amide bonds. The Kier molecular flexibility index (Phi) is 2.94. The van der Waals surface area contributed by atoms with Gasteiger partial charge in [-0.2, -0.15) is 0 Å². The standard InChI is InChI=1S/C14H11N3S3/c15-12-11(10-6-3-7-18-10)17-14(20-12)13-16-8-4-1-2-5-9(8)19-13/h3-7H,1-2,15H2. The molecule has 3 aromatic heterocycles. The lowest BCUT2D eigenvalue weighted by molar-refractivity contribution is 1.10. The average molecular weight is 317 g/mol. The van der Waals surface area contributed by atoms with Crippen molar-refractivity contribution < 1.29 is 0 Å². The Labute approximate surface area is 127 Å². The van der Waals surface area contributed by atoms with Crippen molar-refractivity contribution in [1.29, 1.82) is 0 Å². The Balaban J connectivity index is 1.84. The fourth-order valence-corrected chi connectivity index (χ4v) is 4.87. The number of anilines is 1. The number of hydrogen-bond donors (Lipinski definition) is 1. The summed E-state index contributed by atoms with van der Waals surface area (Å²) in [5.74, 6) is 0. The molecule has 2 N–H and O–H groups in total. The van der Waals surface area contributed by atoms with Gasteiger partial charge in [0.05, 0.1) is 14.8 Å². The monoisotopic (exact) mass is 317 g/mol. The minimum Gasteiger partial charge on any atom is -0.389 e. The van der Waals surface area contributed by atoms with E-state index in [9.17, 15) is 0 Å². The van der Waals surface area contributed by atoms with Crippen molar-refractivity contribution in [3.63, 3.8) is 0 Å². The van der Waals surface area contributed by atoms with Gasteiger partial charge in [-0.1, -0.05) is 29.6 Å². The quantitative estimate of drug-likeness (QED) is 0.790. The maximum atomic E-state index is 6.12. The fourth-order valence-electron chi connectivity index (χ4n) is 2.18. The van der Waals surface area contributed by atoms with Crippen LogP contribution in [0.25, 0.3) is 32.7 Å². The van der Waals surface area contributed by atoms with Crippen LogP contribution in [0, 0.1) is 0 Å². The van der Waals surface area contributed by atoms with E-state index >= 15 is 0 Å². The first-order chi connectivity index (χ1) is 9.81. The molecule has 0 spiro atoms. The molecule has 0 unspecified atom stereocenters. The van der Waals surface area contributed by atoms with E-state index in [-0.39, 0.29) is 0 Å². The highest BCUT2D eigenvalue weighted by atomic mass is 32.1. The van der Waals surface area contributed by atoms with Crippen molar-refractivity contribution in [2.75, 3.05) is 5.73 Å². The number of aromatic nitrogens is 2. The van der Waals surface area contributed by atoms with Crippen molar-refractivity contribution in [2.45, 2.75) is 12.8 Å². The lowest BCUT2D eigenvalue weighted by atomic mass is 10.2. The molecule has 0 fully saturated rings. The maximum Gasteiger partial charge on any atom is 0.154 e. The molecule has 0 saturated carbocycles. The van der Waals surface area contributed by atoms with Crippen LogP contribution in [-0.4, -0.2) is 9.97 Å². The summed E-state index contributed by atoms with van der Waals surface area (Å²) in [4.78, 5) is 10.5. The SMILES string of the molecule is Nc1sc(-c2nc3c(s2)=CCCC=3)nc1-c1cccs1. The number of nitrogens with two attached hydrogens (primary N) is 1. The topological polar surface area (TPSA) is 51.8 Å². The molecule has 0 bridgehead atoms. The molecule has 4 rings (SSSR count). The third kappa shape index (κ3) is 2.00. The summed E-state index contributed by atoms with van der Waals surface area (Å²) in [5.41, 5.74) is 7.01. The average Bonchev–Trinajstić information content (AvgIpc) is 3.16. The molecule has 100 valence electrons. The number of hydrogen-bond acceptors (Lipinski definition) is 6. The highest BCUT2D eigenvalue weighted by Crippen LogP contribution is 2.37. The van der Waals surface area contributed by atoms with Crippen LogP contribution >= 0.6 is 34.0 Å². The minimum atomic E-state index is 0.767. The molecule has 1 aliphatic carbocycles. The second kappa shape index (κ2) is 4.80. The largest absolute Gasteiger partial charge is 0.389 e. The van der Waals surface area contributed by atoms with E-state index in [4.69, 9.17) is 10.7 Å². The second-order valence-electron chi connectivity index (χ2n) is 4.46. The molecule has 3 nitrogen and oxygen atoms in total. The zero-order chi connectivity index (χ0) is 13.5. The van der Waals surface area contributed by atoms with Crippen LogP contribution in [-0.2, 0) is 0 Å². The molecule has 20 heavy (non-hydrogen) atoms. The van der Waals surface area contributed by atoms with Gasteiger partial charge in [-0.3, -0.25) is 0 Å². The van der Waals surface area contributed by atoms with E-state index in [2.05, 4.69) is 17.1 Å². The Morgan fingerprint density at radius 2 is 1.90 bits per heavy atom. The third-order valence-electron chi connectivity index (χ3n) is 3.11. The van der Waals surface area contributed by atoms with Crippen LogP contribution in [0.5, 0.6) is 0 Å². The number of thiazole rings is 2. The van der Waals surface area contributed by atoms with Crippen molar-refractivity contribution in [1.82, 2.24) is 9.97 Å². The van der Waals surface area contributed by atoms with Gasteiger partial charge in [0, 0.05) is 0 Å². The minimum absolute atomic E-state index is 0.767. The van der Waals surface area contributed by atoms with E-state index in [0.29, 0.717) is 0 Å². The summed E-state index contributed by atoms with van der Waals surface area (Å²) in [6.45, 7) is 0. The zero-order valence-corrected chi connectivity index (χ0v) is 12.9. The number of rotatable bonds is 2. The fraction of sp³-hybridized carbons (Fsp3) is 0.143. The van der Waals surface area contributed by atoms with Gasteiger partial charge < -0.3 is 5.73 Å². The lowest BCUT2D eigenvalue weighted by Gasteiger charge is -1.90. The van der Waals surface area contributed by atoms with Gasteiger partial charge in [-0.15, -0.1) is 22.7 Å². The molecular formula is C14H11N3S3. The Bertz CT molecular complexity index is 838. The number of nitrogens with zero attached hydrogens (tertiary/aromatic N) is 2. The summed E-state index contributed by atoms with van der Waals surface area (Å²) in [5, 5.41) is 5.81. The number of fused-ring (bicyclic) bond motifs is 1. The molecule has 3 heterocycles. The third-order valence-corrected chi connectivity index (χ3v) is 6.08. The van der Waals surface area contributed by atoms with Crippen LogP contribution in [0.3, 0.4) is 0 Å². The molecular weight excluding hydrogens is 306 g/mol. The van der Waals surface area contributed by atoms with Crippen LogP contribution < -0.4 is 15.6 Å². The van der Waals surface area contributed by atoms with Gasteiger partial charge >= 0.3 is 0 Å². The van der Waals surface area contributed by atoms with Crippen molar-refractivity contribution in [2.24, 2.45) is 0 Å². The zero-order valence-electron chi connectivity index (χ0n) is 10.5. The van der Waals surface area contributed by atoms with E-state index in [1.165, 1.54) is 15.9 Å². The van der Waals surface area contributed by atoms with E-state index < -0.39 is 0 Å². The summed E-state index contributed by atoms with van der Waals surface area (Å²) in [6.07, 6.45) is 6.64. The van der Waals surface area contributed by atoms with Crippen molar-refractivity contribution in [3.8, 4) is 20.6 Å². The Morgan fingerprint density at radius 3 is 2.70 bits per heavy atom. The molecule has 0 aromatic carbocycles. The summed E-state index contributed by atoms with van der Waals surface area (Å²) < 4.78 is 1.26. The Hall–Kier alpha value is -1.50. The number of thiophene rings is 1. The van der Waals surface area contributed by atoms with Crippen molar-refractivity contribution >= 4 is 51.2 Å². The predicted molar refractivity (Wildman–Crippen MR) is 88.4 cm³/mol. The molecule has 6 heteroatoms. The summed E-state index contributed by atoms with van der Waals surface area (Å²) in [6, 6.07) is 4.07. The first-order valence-corrected chi connectivity index (χ1v) is 8.80. The van der Waals surface area contributed by atoms with Gasteiger partial charge in [0.25, 0.3) is 0 Å². The van der Waals surface area contributed by atoms with Gasteiger partial charge in [0.2, 0.25) is 0 Å². The maximum absolute atomic E-state index is 6.12. The van der Waals surface area contributed by atoms with E-state index in [1.54, 1.807) is 22.7 Å². The van der Waals surface area contributed by atoms with E-state index in [0.717, 1.165) is 43.8 Å². The van der Waals surface area contributed by atoms with Gasteiger partial charge in [-0.25, -0.2) is 9.97 Å². The number of nitrogen functional groups attached to an aromatic ring is 1. The second-order valence-corrected chi connectivity index (χ2v) is 7.47.